The van der Waals surface area contributed by atoms with Crippen molar-refractivity contribution < 1.29 is 14.6 Å². The van der Waals surface area contributed by atoms with Gasteiger partial charge in [0.25, 0.3) is 0 Å². The number of rotatable bonds is 8. The highest BCUT2D eigenvalue weighted by atomic mass is 16.6. The second-order valence-electron chi connectivity index (χ2n) is 9.06. The number of anilines is 1. The van der Waals surface area contributed by atoms with Crippen molar-refractivity contribution in [3.8, 4) is 0 Å². The zero-order chi connectivity index (χ0) is 24.2. The Morgan fingerprint density at radius 2 is 1.85 bits per heavy atom. The number of ether oxygens (including phenoxy) is 1. The Labute approximate surface area is 194 Å². The topological polar surface area (TPSA) is 99.7 Å². The van der Waals surface area contributed by atoms with Crippen LogP contribution in [0.2, 0.25) is 0 Å². The zero-order valence-corrected chi connectivity index (χ0v) is 19.9. The Bertz CT molecular complexity index is 1180. The SMILES string of the molecule is CC(=N)/C(=C(/C)O)c1ccn2c(NCC(=O)OC(C)(C)C)c(CCc3ccccc3)nc2c1. The number of aliphatic hydroxyl groups excluding tert-OH is 1. The zero-order valence-electron chi connectivity index (χ0n) is 19.9. The van der Waals surface area contributed by atoms with Crippen LogP contribution in [0.3, 0.4) is 0 Å². The number of esters is 1. The minimum atomic E-state index is -0.557. The summed E-state index contributed by atoms with van der Waals surface area (Å²) in [6.45, 7) is 8.75. The number of fused-ring (bicyclic) bond motifs is 1. The van der Waals surface area contributed by atoms with E-state index in [0.29, 0.717) is 23.2 Å². The van der Waals surface area contributed by atoms with Crippen LogP contribution in [0.4, 0.5) is 5.82 Å². The highest BCUT2D eigenvalue weighted by molar-refractivity contribution is 6.21. The minimum Gasteiger partial charge on any atom is -0.512 e. The van der Waals surface area contributed by atoms with Crippen molar-refractivity contribution in [2.45, 2.75) is 53.1 Å². The van der Waals surface area contributed by atoms with E-state index in [1.165, 1.54) is 5.56 Å². The molecule has 0 bridgehead atoms. The van der Waals surface area contributed by atoms with Crippen LogP contribution < -0.4 is 5.32 Å². The van der Waals surface area contributed by atoms with E-state index in [2.05, 4.69) is 17.4 Å². The van der Waals surface area contributed by atoms with E-state index in [-0.39, 0.29) is 24.0 Å². The van der Waals surface area contributed by atoms with Crippen LogP contribution in [-0.4, -0.2) is 38.3 Å². The van der Waals surface area contributed by atoms with Crippen molar-refractivity contribution in [3.05, 3.63) is 71.2 Å². The summed E-state index contributed by atoms with van der Waals surface area (Å²) in [5.74, 6) is 0.478. The van der Waals surface area contributed by atoms with Crippen molar-refractivity contribution in [1.82, 2.24) is 9.38 Å². The van der Waals surface area contributed by atoms with Crippen LogP contribution >= 0.6 is 0 Å². The molecule has 0 spiro atoms. The van der Waals surface area contributed by atoms with E-state index < -0.39 is 5.60 Å². The molecule has 0 aliphatic rings. The first-order valence-electron chi connectivity index (χ1n) is 11.0. The lowest BCUT2D eigenvalue weighted by Gasteiger charge is -2.20. The Balaban J connectivity index is 1.96. The minimum absolute atomic E-state index is 0.0195. The molecule has 3 rings (SSSR count). The molecule has 0 fully saturated rings. The molecule has 3 aromatic rings. The number of aromatic nitrogens is 2. The van der Waals surface area contributed by atoms with Crippen molar-refractivity contribution >= 4 is 28.7 Å². The Morgan fingerprint density at radius 1 is 1.15 bits per heavy atom. The summed E-state index contributed by atoms with van der Waals surface area (Å²) < 4.78 is 7.32. The van der Waals surface area contributed by atoms with Crippen molar-refractivity contribution in [2.75, 3.05) is 11.9 Å². The molecule has 0 amide bonds. The fourth-order valence-electron chi connectivity index (χ4n) is 3.75. The van der Waals surface area contributed by atoms with Crippen LogP contribution in [0.1, 0.15) is 51.4 Å². The van der Waals surface area contributed by atoms with E-state index in [0.717, 1.165) is 17.9 Å². The Morgan fingerprint density at radius 3 is 2.45 bits per heavy atom. The average Bonchev–Trinajstić information content (AvgIpc) is 3.06. The lowest BCUT2D eigenvalue weighted by molar-refractivity contribution is -0.152. The molecule has 0 aliphatic carbocycles. The molecule has 0 aliphatic heterocycles. The first kappa shape index (κ1) is 24.0. The van der Waals surface area contributed by atoms with Gasteiger partial charge in [-0.3, -0.25) is 9.20 Å². The van der Waals surface area contributed by atoms with Crippen LogP contribution in [0.15, 0.2) is 54.4 Å². The number of carbonyl (C=O) groups excluding carboxylic acids is 1. The molecule has 0 unspecified atom stereocenters. The molecule has 174 valence electrons. The number of nitrogens with zero attached hydrogens (tertiary/aromatic N) is 2. The molecule has 2 heterocycles. The molecular weight excluding hydrogens is 416 g/mol. The summed E-state index contributed by atoms with van der Waals surface area (Å²) in [7, 11) is 0. The lowest BCUT2D eigenvalue weighted by atomic mass is 10.0. The van der Waals surface area contributed by atoms with Crippen molar-refractivity contribution in [2.24, 2.45) is 0 Å². The number of benzene rings is 1. The number of nitrogens with one attached hydrogen (secondary N) is 2. The first-order chi connectivity index (χ1) is 15.5. The maximum atomic E-state index is 12.3. The van der Waals surface area contributed by atoms with Gasteiger partial charge >= 0.3 is 5.97 Å². The van der Waals surface area contributed by atoms with E-state index >= 15 is 0 Å². The summed E-state index contributed by atoms with van der Waals surface area (Å²) in [5.41, 5.74) is 3.62. The number of hydrogen-bond acceptors (Lipinski definition) is 6. The van der Waals surface area contributed by atoms with Crippen LogP contribution in [-0.2, 0) is 22.4 Å². The number of carbonyl (C=O) groups is 1. The van der Waals surface area contributed by atoms with Gasteiger partial charge in [0.15, 0.2) is 0 Å². The molecule has 3 N–H and O–H groups in total. The molecule has 2 aromatic heterocycles. The second-order valence-corrected chi connectivity index (χ2v) is 9.06. The maximum Gasteiger partial charge on any atom is 0.325 e. The molecule has 0 saturated heterocycles. The summed E-state index contributed by atoms with van der Waals surface area (Å²) in [4.78, 5) is 17.1. The number of pyridine rings is 1. The van der Waals surface area contributed by atoms with Gasteiger partial charge in [0.1, 0.15) is 23.6 Å². The lowest BCUT2D eigenvalue weighted by Crippen LogP contribution is -2.28. The quantitative estimate of drug-likeness (QED) is 0.250. The van der Waals surface area contributed by atoms with E-state index in [9.17, 15) is 9.90 Å². The molecule has 7 heteroatoms. The van der Waals surface area contributed by atoms with Gasteiger partial charge in [0.2, 0.25) is 0 Å². The summed E-state index contributed by atoms with van der Waals surface area (Å²) >= 11 is 0. The highest BCUT2D eigenvalue weighted by Gasteiger charge is 2.19. The molecule has 7 nitrogen and oxygen atoms in total. The van der Waals surface area contributed by atoms with E-state index in [1.54, 1.807) is 13.8 Å². The average molecular weight is 449 g/mol. The third-order valence-electron chi connectivity index (χ3n) is 5.04. The number of aliphatic hydroxyl groups is 1. The number of allylic oxidation sites excluding steroid dienone is 2. The van der Waals surface area contributed by atoms with E-state index in [1.807, 2.05) is 61.7 Å². The standard InChI is InChI=1S/C26H32N4O3/c1-17(27)24(18(2)31)20-13-14-30-22(15-20)29-21(12-11-19-9-7-6-8-10-19)25(30)28-16-23(32)33-26(3,4)5/h6-10,13-15,27-28,31H,11-12,16H2,1-5H3/b24-18+,27-17?. The van der Waals surface area contributed by atoms with Crippen LogP contribution in [0.5, 0.6) is 0 Å². The van der Waals surface area contributed by atoms with Gasteiger partial charge < -0.3 is 20.6 Å². The Kier molecular flexibility index (Phi) is 7.21. The van der Waals surface area contributed by atoms with Gasteiger partial charge in [-0.2, -0.15) is 0 Å². The predicted octanol–water partition coefficient (Wildman–Crippen LogP) is 5.20. The largest absolute Gasteiger partial charge is 0.512 e. The monoisotopic (exact) mass is 448 g/mol. The van der Waals surface area contributed by atoms with Gasteiger partial charge in [-0.1, -0.05) is 30.3 Å². The molecule has 33 heavy (non-hydrogen) atoms. The van der Waals surface area contributed by atoms with Gasteiger partial charge in [0.05, 0.1) is 11.5 Å². The third-order valence-corrected chi connectivity index (χ3v) is 5.04. The van der Waals surface area contributed by atoms with Crippen LogP contribution in [0, 0.1) is 5.41 Å². The fourth-order valence-corrected chi connectivity index (χ4v) is 3.75. The third kappa shape index (κ3) is 6.22. The van der Waals surface area contributed by atoms with Crippen molar-refractivity contribution in [1.29, 1.82) is 5.41 Å². The summed E-state index contributed by atoms with van der Waals surface area (Å²) in [6, 6.07) is 13.9. The fraction of sp³-hybridized carbons (Fsp3) is 0.346. The number of imidazole rings is 1. The smallest absolute Gasteiger partial charge is 0.325 e. The highest BCUT2D eigenvalue weighted by Crippen LogP contribution is 2.25. The predicted molar refractivity (Wildman–Crippen MR) is 132 cm³/mol. The summed E-state index contributed by atoms with van der Waals surface area (Å²) in [5, 5.41) is 21.3. The van der Waals surface area contributed by atoms with Crippen LogP contribution in [0.25, 0.3) is 11.2 Å². The van der Waals surface area contributed by atoms with E-state index in [4.69, 9.17) is 15.1 Å². The van der Waals surface area contributed by atoms with Gasteiger partial charge in [0, 0.05) is 17.5 Å². The molecule has 1 aromatic carbocycles. The first-order valence-corrected chi connectivity index (χ1v) is 11.0. The maximum absolute atomic E-state index is 12.3. The molecule has 0 saturated carbocycles. The Hall–Kier alpha value is -3.61. The normalized spacial score (nSPS) is 12.4. The molecule has 0 radical (unpaired) electrons. The molecular formula is C26H32N4O3. The number of hydrogen-bond donors (Lipinski definition) is 3. The molecule has 0 atom stereocenters. The second kappa shape index (κ2) is 9.90. The van der Waals surface area contributed by atoms with Gasteiger partial charge in [-0.05, 0) is 70.7 Å². The van der Waals surface area contributed by atoms with Gasteiger partial charge in [-0.25, -0.2) is 4.98 Å². The van der Waals surface area contributed by atoms with Gasteiger partial charge in [-0.15, -0.1) is 0 Å². The van der Waals surface area contributed by atoms with Crippen molar-refractivity contribution in [3.63, 3.8) is 0 Å². The number of aryl methyl sites for hydroxylation is 2. The summed E-state index contributed by atoms with van der Waals surface area (Å²) in [6.07, 6.45) is 3.33.